The normalized spacial score (nSPS) is 11.1. The van der Waals surface area contributed by atoms with Crippen LogP contribution in [0.4, 0.5) is 5.69 Å². The van der Waals surface area contributed by atoms with Gasteiger partial charge in [0.2, 0.25) is 15.9 Å². The highest BCUT2D eigenvalue weighted by molar-refractivity contribution is 7.92. The first-order valence-corrected chi connectivity index (χ1v) is 10.0. The molecule has 0 saturated heterocycles. The third kappa shape index (κ3) is 5.24. The predicted octanol–water partition coefficient (Wildman–Crippen LogP) is 1.88. The van der Waals surface area contributed by atoms with Crippen molar-refractivity contribution >= 4 is 33.0 Å². The molecule has 1 amide bonds. The summed E-state index contributed by atoms with van der Waals surface area (Å²) in [5.74, 6) is 0.525. The van der Waals surface area contributed by atoms with Gasteiger partial charge < -0.3 is 10.1 Å². The van der Waals surface area contributed by atoms with Crippen LogP contribution in [-0.2, 0) is 21.2 Å². The van der Waals surface area contributed by atoms with E-state index < -0.39 is 10.0 Å². The van der Waals surface area contributed by atoms with Crippen molar-refractivity contribution in [1.82, 2.24) is 5.32 Å². The number of benzene rings is 1. The van der Waals surface area contributed by atoms with Crippen LogP contribution >= 0.6 is 11.3 Å². The van der Waals surface area contributed by atoms with Crippen molar-refractivity contribution in [3.05, 3.63) is 46.7 Å². The molecule has 0 radical (unpaired) electrons. The molecular formula is C16H20N2O4S2. The molecule has 1 aromatic carbocycles. The number of rotatable bonds is 8. The average molecular weight is 368 g/mol. The van der Waals surface area contributed by atoms with E-state index in [0.29, 0.717) is 17.9 Å². The summed E-state index contributed by atoms with van der Waals surface area (Å²) in [4.78, 5) is 12.8. The van der Waals surface area contributed by atoms with Crippen LogP contribution in [0.5, 0.6) is 5.75 Å². The molecule has 8 heteroatoms. The maximum absolute atomic E-state index is 12.0. The van der Waals surface area contributed by atoms with E-state index in [4.69, 9.17) is 4.74 Å². The minimum Gasteiger partial charge on any atom is -0.497 e. The lowest BCUT2D eigenvalue weighted by Crippen LogP contribution is -2.38. The van der Waals surface area contributed by atoms with Crippen LogP contribution in [0, 0.1) is 0 Å². The summed E-state index contributed by atoms with van der Waals surface area (Å²) < 4.78 is 30.3. The summed E-state index contributed by atoms with van der Waals surface area (Å²) in [6.45, 7) is 0.407. The number of hydrogen-bond acceptors (Lipinski definition) is 5. The minimum atomic E-state index is -3.44. The number of amides is 1. The maximum Gasteiger partial charge on any atom is 0.232 e. The van der Waals surface area contributed by atoms with Gasteiger partial charge in [-0.15, -0.1) is 11.3 Å². The van der Waals surface area contributed by atoms with Crippen molar-refractivity contribution in [3.8, 4) is 5.75 Å². The SMILES string of the molecule is COc1ccc(N(CCNC(=O)Cc2cccs2)S(C)(=O)=O)cc1. The average Bonchev–Trinajstić information content (AvgIpc) is 3.03. The molecule has 130 valence electrons. The first-order chi connectivity index (χ1) is 11.4. The van der Waals surface area contributed by atoms with E-state index in [0.717, 1.165) is 11.1 Å². The van der Waals surface area contributed by atoms with Gasteiger partial charge in [0.05, 0.1) is 32.0 Å². The molecule has 1 N–H and O–H groups in total. The molecule has 6 nitrogen and oxygen atoms in total. The highest BCUT2D eigenvalue weighted by atomic mass is 32.2. The number of hydrogen-bond donors (Lipinski definition) is 1. The molecule has 0 saturated carbocycles. The second kappa shape index (κ2) is 8.16. The van der Waals surface area contributed by atoms with E-state index in [2.05, 4.69) is 5.32 Å². The largest absolute Gasteiger partial charge is 0.497 e. The molecule has 0 spiro atoms. The van der Waals surface area contributed by atoms with Crippen LogP contribution in [0.15, 0.2) is 41.8 Å². The highest BCUT2D eigenvalue weighted by Crippen LogP contribution is 2.21. The van der Waals surface area contributed by atoms with Crippen molar-refractivity contribution in [3.63, 3.8) is 0 Å². The Morgan fingerprint density at radius 2 is 1.96 bits per heavy atom. The lowest BCUT2D eigenvalue weighted by Gasteiger charge is -2.22. The quantitative estimate of drug-likeness (QED) is 0.772. The molecule has 0 fully saturated rings. The number of methoxy groups -OCH3 is 1. The number of carbonyl (C=O) groups is 1. The number of ether oxygens (including phenoxy) is 1. The second-order valence-electron chi connectivity index (χ2n) is 5.14. The van der Waals surface area contributed by atoms with E-state index in [1.165, 1.54) is 15.6 Å². The van der Waals surface area contributed by atoms with Crippen LogP contribution in [0.25, 0.3) is 0 Å². The monoisotopic (exact) mass is 368 g/mol. The predicted molar refractivity (Wildman–Crippen MR) is 96.2 cm³/mol. The Morgan fingerprint density at radius 1 is 1.25 bits per heavy atom. The number of carbonyl (C=O) groups excluding carboxylic acids is 1. The fourth-order valence-corrected chi connectivity index (χ4v) is 3.80. The van der Waals surface area contributed by atoms with Gasteiger partial charge in [0, 0.05) is 11.4 Å². The molecule has 2 rings (SSSR count). The molecule has 0 atom stereocenters. The lowest BCUT2D eigenvalue weighted by atomic mass is 10.3. The minimum absolute atomic E-state index is 0.124. The first kappa shape index (κ1) is 18.3. The van der Waals surface area contributed by atoms with E-state index in [9.17, 15) is 13.2 Å². The summed E-state index contributed by atoms with van der Waals surface area (Å²) in [5, 5.41) is 4.67. The summed E-state index contributed by atoms with van der Waals surface area (Å²) in [6.07, 6.45) is 1.45. The smallest absolute Gasteiger partial charge is 0.232 e. The first-order valence-electron chi connectivity index (χ1n) is 7.31. The van der Waals surface area contributed by atoms with Crippen LogP contribution in [0.2, 0.25) is 0 Å². The maximum atomic E-state index is 12.0. The third-order valence-electron chi connectivity index (χ3n) is 3.31. The van der Waals surface area contributed by atoms with Crippen molar-refractivity contribution in [2.45, 2.75) is 6.42 Å². The van der Waals surface area contributed by atoms with E-state index >= 15 is 0 Å². The molecule has 0 unspecified atom stereocenters. The summed E-state index contributed by atoms with van der Waals surface area (Å²) in [6, 6.07) is 10.5. The van der Waals surface area contributed by atoms with E-state index in [1.54, 1.807) is 31.4 Å². The Balaban J connectivity index is 1.95. The van der Waals surface area contributed by atoms with E-state index in [-0.39, 0.29) is 19.0 Å². The number of thiophene rings is 1. The van der Waals surface area contributed by atoms with Crippen molar-refractivity contribution in [2.75, 3.05) is 30.8 Å². The molecule has 0 aliphatic carbocycles. The summed E-state index contributed by atoms with van der Waals surface area (Å²) in [7, 11) is -1.89. The summed E-state index contributed by atoms with van der Waals surface area (Å²) >= 11 is 1.52. The zero-order valence-corrected chi connectivity index (χ0v) is 15.2. The Labute approximate surface area is 146 Å². The zero-order valence-electron chi connectivity index (χ0n) is 13.6. The fraction of sp³-hybridized carbons (Fsp3) is 0.312. The van der Waals surface area contributed by atoms with Gasteiger partial charge in [0.25, 0.3) is 0 Å². The Morgan fingerprint density at radius 3 is 2.50 bits per heavy atom. The van der Waals surface area contributed by atoms with Crippen molar-refractivity contribution < 1.29 is 17.9 Å². The number of anilines is 1. The van der Waals surface area contributed by atoms with Gasteiger partial charge in [0.15, 0.2) is 0 Å². The van der Waals surface area contributed by atoms with E-state index in [1.807, 2.05) is 17.5 Å². The van der Waals surface area contributed by atoms with Gasteiger partial charge in [-0.25, -0.2) is 8.42 Å². The number of sulfonamides is 1. The summed E-state index contributed by atoms with van der Waals surface area (Å²) in [5.41, 5.74) is 0.533. The van der Waals surface area contributed by atoms with Crippen LogP contribution in [-0.4, -0.2) is 40.8 Å². The van der Waals surface area contributed by atoms with Gasteiger partial charge in [-0.1, -0.05) is 6.07 Å². The molecule has 1 heterocycles. The van der Waals surface area contributed by atoms with Crippen molar-refractivity contribution in [2.24, 2.45) is 0 Å². The fourth-order valence-electron chi connectivity index (χ4n) is 2.17. The standard InChI is InChI=1S/C16H20N2O4S2/c1-22-14-7-5-13(6-8-14)18(24(2,20)21)10-9-17-16(19)12-15-4-3-11-23-15/h3-8,11H,9-10,12H2,1-2H3,(H,17,19). The Kier molecular flexibility index (Phi) is 6.22. The van der Waals surface area contributed by atoms with Gasteiger partial charge in [-0.2, -0.15) is 0 Å². The topological polar surface area (TPSA) is 75.7 Å². The molecule has 0 aliphatic heterocycles. The molecular weight excluding hydrogens is 348 g/mol. The molecule has 0 aliphatic rings. The lowest BCUT2D eigenvalue weighted by molar-refractivity contribution is -0.120. The molecule has 1 aromatic heterocycles. The highest BCUT2D eigenvalue weighted by Gasteiger charge is 2.17. The van der Waals surface area contributed by atoms with Gasteiger partial charge in [-0.05, 0) is 35.7 Å². The molecule has 2 aromatic rings. The van der Waals surface area contributed by atoms with Crippen LogP contribution < -0.4 is 14.4 Å². The Hall–Kier alpha value is -2.06. The Bertz CT molecular complexity index is 756. The number of nitrogens with one attached hydrogen (secondary N) is 1. The van der Waals surface area contributed by atoms with Crippen LogP contribution in [0.1, 0.15) is 4.88 Å². The number of nitrogens with zero attached hydrogens (tertiary/aromatic N) is 1. The second-order valence-corrected chi connectivity index (χ2v) is 8.08. The van der Waals surface area contributed by atoms with Crippen LogP contribution in [0.3, 0.4) is 0 Å². The molecule has 24 heavy (non-hydrogen) atoms. The zero-order chi connectivity index (χ0) is 17.6. The van der Waals surface area contributed by atoms with Gasteiger partial charge in [-0.3, -0.25) is 9.10 Å². The third-order valence-corrected chi connectivity index (χ3v) is 5.38. The van der Waals surface area contributed by atoms with Gasteiger partial charge >= 0.3 is 0 Å². The van der Waals surface area contributed by atoms with Gasteiger partial charge in [0.1, 0.15) is 5.75 Å². The molecule has 0 bridgehead atoms. The van der Waals surface area contributed by atoms with Crippen molar-refractivity contribution in [1.29, 1.82) is 0 Å².